The van der Waals surface area contributed by atoms with Crippen LogP contribution in [0.2, 0.25) is 0 Å². The molecule has 1 N–H and O–H groups in total. The quantitative estimate of drug-likeness (QED) is 0.875. The van der Waals surface area contributed by atoms with E-state index in [1.54, 1.807) is 32.9 Å². The van der Waals surface area contributed by atoms with E-state index in [1.165, 1.54) is 6.07 Å². The highest BCUT2D eigenvalue weighted by Crippen LogP contribution is 2.27. The first-order valence-corrected chi connectivity index (χ1v) is 8.19. The van der Waals surface area contributed by atoms with Gasteiger partial charge in [-0.05, 0) is 43.9 Å². The van der Waals surface area contributed by atoms with Crippen molar-refractivity contribution in [1.29, 1.82) is 0 Å². The molecular weight excluding hydrogens is 267 g/mol. The van der Waals surface area contributed by atoms with Crippen molar-refractivity contribution in [3.63, 3.8) is 0 Å². The van der Waals surface area contributed by atoms with E-state index in [-0.39, 0.29) is 23.7 Å². The molecule has 0 aliphatic carbocycles. The van der Waals surface area contributed by atoms with E-state index in [2.05, 4.69) is 0 Å². The van der Waals surface area contributed by atoms with E-state index in [1.807, 2.05) is 0 Å². The first kappa shape index (κ1) is 16.1. The van der Waals surface area contributed by atoms with E-state index in [0.717, 1.165) is 0 Å². The average Bonchev–Trinajstić information content (AvgIpc) is 2.32. The number of rotatable bonds is 6. The molecule has 1 aromatic rings. The maximum Gasteiger partial charge on any atom is 0.150 e. The summed E-state index contributed by atoms with van der Waals surface area (Å²) < 4.78 is 36.2. The summed E-state index contributed by atoms with van der Waals surface area (Å²) in [6.07, 6.45) is 0.646. The van der Waals surface area contributed by atoms with Crippen LogP contribution in [0.3, 0.4) is 0 Å². The molecule has 0 heterocycles. The molecule has 3 nitrogen and oxygen atoms in total. The van der Waals surface area contributed by atoms with Crippen molar-refractivity contribution in [3.8, 4) is 0 Å². The lowest BCUT2D eigenvalue weighted by Crippen LogP contribution is -2.23. The van der Waals surface area contributed by atoms with Gasteiger partial charge in [-0.1, -0.05) is 19.1 Å². The SMILES string of the molecule is CCS(=O)(=O)CCCC(C)(O)c1ccc(C)c(F)c1. The first-order chi connectivity index (χ1) is 8.68. The van der Waals surface area contributed by atoms with Gasteiger partial charge in [-0.2, -0.15) is 0 Å². The summed E-state index contributed by atoms with van der Waals surface area (Å²) in [5.74, 6) is -0.207. The third kappa shape index (κ3) is 4.58. The predicted molar refractivity (Wildman–Crippen MR) is 74.3 cm³/mol. The molecule has 0 radical (unpaired) electrons. The van der Waals surface area contributed by atoms with Gasteiger partial charge in [-0.3, -0.25) is 0 Å². The van der Waals surface area contributed by atoms with Crippen molar-refractivity contribution < 1.29 is 17.9 Å². The molecule has 1 unspecified atom stereocenters. The molecule has 0 spiro atoms. The second-order valence-electron chi connectivity index (χ2n) is 5.08. The summed E-state index contributed by atoms with van der Waals surface area (Å²) >= 11 is 0. The van der Waals surface area contributed by atoms with Crippen LogP contribution in [0.25, 0.3) is 0 Å². The molecule has 1 atom stereocenters. The van der Waals surface area contributed by atoms with Crippen molar-refractivity contribution in [1.82, 2.24) is 0 Å². The Balaban J connectivity index is 2.73. The topological polar surface area (TPSA) is 54.4 Å². The molecule has 0 aromatic heterocycles. The molecule has 108 valence electrons. The fourth-order valence-electron chi connectivity index (χ4n) is 1.85. The average molecular weight is 288 g/mol. The minimum Gasteiger partial charge on any atom is -0.385 e. The summed E-state index contributed by atoms with van der Waals surface area (Å²) in [6.45, 7) is 4.83. The molecule has 0 amide bonds. The van der Waals surface area contributed by atoms with Gasteiger partial charge in [-0.15, -0.1) is 0 Å². The maximum atomic E-state index is 13.5. The molecule has 0 aliphatic rings. The van der Waals surface area contributed by atoms with Crippen LogP contribution in [-0.4, -0.2) is 25.0 Å². The summed E-state index contributed by atoms with van der Waals surface area (Å²) in [7, 11) is -3.02. The van der Waals surface area contributed by atoms with Crippen molar-refractivity contribution in [2.45, 2.75) is 39.2 Å². The molecule has 0 saturated heterocycles. The molecule has 1 aromatic carbocycles. The van der Waals surface area contributed by atoms with Gasteiger partial charge in [0.25, 0.3) is 0 Å². The summed E-state index contributed by atoms with van der Waals surface area (Å²) in [5.41, 5.74) is -0.213. The van der Waals surface area contributed by atoms with Crippen molar-refractivity contribution in [2.24, 2.45) is 0 Å². The fraction of sp³-hybridized carbons (Fsp3) is 0.571. The molecule has 0 bridgehead atoms. The van der Waals surface area contributed by atoms with Crippen LogP contribution in [-0.2, 0) is 15.4 Å². The van der Waals surface area contributed by atoms with Crippen LogP contribution in [0.1, 0.15) is 37.8 Å². The third-order valence-corrected chi connectivity index (χ3v) is 5.14. The number of benzene rings is 1. The largest absolute Gasteiger partial charge is 0.385 e. The van der Waals surface area contributed by atoms with Gasteiger partial charge >= 0.3 is 0 Å². The van der Waals surface area contributed by atoms with Gasteiger partial charge in [0, 0.05) is 5.75 Å². The van der Waals surface area contributed by atoms with E-state index < -0.39 is 15.4 Å². The van der Waals surface area contributed by atoms with Gasteiger partial charge in [0.2, 0.25) is 0 Å². The lowest BCUT2D eigenvalue weighted by atomic mass is 9.91. The van der Waals surface area contributed by atoms with E-state index in [0.29, 0.717) is 17.5 Å². The van der Waals surface area contributed by atoms with Crippen LogP contribution in [0, 0.1) is 12.7 Å². The Morgan fingerprint density at radius 3 is 2.53 bits per heavy atom. The van der Waals surface area contributed by atoms with Crippen molar-refractivity contribution in [2.75, 3.05) is 11.5 Å². The Labute approximate surface area is 114 Å². The third-order valence-electron chi connectivity index (χ3n) is 3.35. The Kier molecular flexibility index (Phi) is 5.10. The Bertz CT molecular complexity index is 536. The summed E-state index contributed by atoms with van der Waals surface area (Å²) in [5, 5.41) is 10.3. The van der Waals surface area contributed by atoms with E-state index >= 15 is 0 Å². The highest BCUT2D eigenvalue weighted by molar-refractivity contribution is 7.91. The van der Waals surface area contributed by atoms with Crippen molar-refractivity contribution >= 4 is 9.84 Å². The second kappa shape index (κ2) is 6.01. The van der Waals surface area contributed by atoms with Gasteiger partial charge < -0.3 is 5.11 Å². The number of sulfone groups is 1. The summed E-state index contributed by atoms with van der Waals surface area (Å²) in [4.78, 5) is 0. The zero-order valence-electron chi connectivity index (χ0n) is 11.6. The Morgan fingerprint density at radius 1 is 1.37 bits per heavy atom. The number of halogens is 1. The molecule has 5 heteroatoms. The lowest BCUT2D eigenvalue weighted by Gasteiger charge is -2.24. The van der Waals surface area contributed by atoms with E-state index in [4.69, 9.17) is 0 Å². The molecule has 0 saturated carbocycles. The highest BCUT2D eigenvalue weighted by Gasteiger charge is 2.24. The maximum absolute atomic E-state index is 13.5. The highest BCUT2D eigenvalue weighted by atomic mass is 32.2. The minimum atomic E-state index is -3.02. The molecule has 19 heavy (non-hydrogen) atoms. The monoisotopic (exact) mass is 288 g/mol. The van der Waals surface area contributed by atoms with Crippen LogP contribution in [0.4, 0.5) is 4.39 Å². The Hall–Kier alpha value is -0.940. The van der Waals surface area contributed by atoms with Gasteiger partial charge in [0.15, 0.2) is 0 Å². The lowest BCUT2D eigenvalue weighted by molar-refractivity contribution is 0.0468. The molecular formula is C14H21FO3S. The molecule has 1 rings (SSSR count). The summed E-state index contributed by atoms with van der Waals surface area (Å²) in [6, 6.07) is 4.60. The number of hydrogen-bond acceptors (Lipinski definition) is 3. The second-order valence-corrected chi connectivity index (χ2v) is 7.55. The standard InChI is InChI=1S/C14H21FO3S/c1-4-19(17,18)9-5-8-14(3,16)12-7-6-11(2)13(15)10-12/h6-7,10,16H,4-5,8-9H2,1-3H3. The number of aliphatic hydroxyl groups is 1. The first-order valence-electron chi connectivity index (χ1n) is 6.37. The van der Waals surface area contributed by atoms with Gasteiger partial charge in [0.1, 0.15) is 15.7 Å². The van der Waals surface area contributed by atoms with Gasteiger partial charge in [-0.25, -0.2) is 12.8 Å². The van der Waals surface area contributed by atoms with Crippen LogP contribution in [0.5, 0.6) is 0 Å². The van der Waals surface area contributed by atoms with Crippen LogP contribution in [0.15, 0.2) is 18.2 Å². The molecule has 0 fully saturated rings. The minimum absolute atomic E-state index is 0.0496. The number of hydrogen-bond donors (Lipinski definition) is 1. The predicted octanol–water partition coefficient (Wildman–Crippen LogP) is 2.56. The molecule has 0 aliphatic heterocycles. The van der Waals surface area contributed by atoms with Crippen LogP contribution < -0.4 is 0 Å². The number of aryl methyl sites for hydroxylation is 1. The van der Waals surface area contributed by atoms with Crippen molar-refractivity contribution in [3.05, 3.63) is 35.1 Å². The zero-order chi connectivity index (χ0) is 14.7. The van der Waals surface area contributed by atoms with Gasteiger partial charge in [0.05, 0.1) is 11.4 Å². The zero-order valence-corrected chi connectivity index (χ0v) is 12.4. The fourth-order valence-corrected chi connectivity index (χ4v) is 2.73. The Morgan fingerprint density at radius 2 is 2.00 bits per heavy atom. The van der Waals surface area contributed by atoms with Crippen LogP contribution >= 0.6 is 0 Å². The van der Waals surface area contributed by atoms with E-state index in [9.17, 15) is 17.9 Å². The smallest absolute Gasteiger partial charge is 0.150 e. The normalized spacial score (nSPS) is 15.2.